The first-order chi connectivity index (χ1) is 6.02. The van der Waals surface area contributed by atoms with Crippen LogP contribution in [-0.2, 0) is 4.79 Å². The van der Waals surface area contributed by atoms with Crippen LogP contribution in [-0.4, -0.2) is 23.5 Å². The summed E-state index contributed by atoms with van der Waals surface area (Å²) in [6.07, 6.45) is -0.819. The molecule has 0 heterocycles. The van der Waals surface area contributed by atoms with Gasteiger partial charge in [0.2, 0.25) is 0 Å². The first-order valence-electron chi connectivity index (χ1n) is 4.11. The van der Waals surface area contributed by atoms with E-state index in [0.717, 1.165) is 11.8 Å². The van der Waals surface area contributed by atoms with E-state index in [2.05, 4.69) is 0 Å². The van der Waals surface area contributed by atoms with Crippen LogP contribution >= 0.6 is 11.8 Å². The second-order valence-electron chi connectivity index (χ2n) is 2.62. The summed E-state index contributed by atoms with van der Waals surface area (Å²) in [6.45, 7) is 0.661. The van der Waals surface area contributed by atoms with E-state index in [4.69, 9.17) is 0 Å². The Labute approximate surface area is 80.1 Å². The fourth-order valence-electron chi connectivity index (χ4n) is 0.679. The first kappa shape index (κ1) is 12.8. The van der Waals surface area contributed by atoms with Crippen molar-refractivity contribution in [1.82, 2.24) is 0 Å². The van der Waals surface area contributed by atoms with E-state index in [-0.39, 0.29) is 10.9 Å². The summed E-state index contributed by atoms with van der Waals surface area (Å²) >= 11 is 0.888. The van der Waals surface area contributed by atoms with Gasteiger partial charge >= 0.3 is 0 Å². The van der Waals surface area contributed by atoms with Gasteiger partial charge in [-0.1, -0.05) is 18.7 Å². The predicted octanol–water partition coefficient (Wildman–Crippen LogP) is 3.04. The molecule has 0 bridgehead atoms. The Bertz CT molecular complexity index is 161. The molecule has 13 heavy (non-hydrogen) atoms. The Morgan fingerprint density at radius 3 is 2.46 bits per heavy atom. The summed E-state index contributed by atoms with van der Waals surface area (Å²) in [4.78, 5) is 10.7. The molecule has 78 valence electrons. The van der Waals surface area contributed by atoms with Crippen LogP contribution in [0.5, 0.6) is 0 Å². The van der Waals surface area contributed by atoms with Crippen molar-refractivity contribution >= 4 is 16.9 Å². The molecule has 0 unspecified atom stereocenters. The summed E-state index contributed by atoms with van der Waals surface area (Å²) in [5.74, 6) is -2.89. The number of alkyl halides is 3. The number of halogens is 3. The molecule has 1 nitrogen and oxygen atoms in total. The topological polar surface area (TPSA) is 17.1 Å². The Morgan fingerprint density at radius 2 is 2.00 bits per heavy atom. The molecule has 0 fully saturated rings. The molecule has 0 N–H and O–H groups in total. The van der Waals surface area contributed by atoms with E-state index < -0.39 is 25.4 Å². The number of rotatable bonds is 6. The third kappa shape index (κ3) is 6.93. The van der Waals surface area contributed by atoms with Crippen LogP contribution in [0, 0.1) is 0 Å². The number of thioether (sulfide) groups is 1. The van der Waals surface area contributed by atoms with Gasteiger partial charge in [0.1, 0.15) is 0 Å². The van der Waals surface area contributed by atoms with Crippen molar-refractivity contribution in [3.05, 3.63) is 0 Å². The number of hydrogen-bond donors (Lipinski definition) is 0. The zero-order chi connectivity index (χ0) is 10.3. The molecular formula is C8H13F3OS. The van der Waals surface area contributed by atoms with E-state index in [9.17, 15) is 18.0 Å². The zero-order valence-corrected chi connectivity index (χ0v) is 8.30. The van der Waals surface area contributed by atoms with Gasteiger partial charge in [0.25, 0.3) is 5.92 Å². The maximum Gasteiger partial charge on any atom is 0.251 e. The largest absolute Gasteiger partial charge is 0.287 e. The quantitative estimate of drug-likeness (QED) is 0.676. The molecule has 0 atom stereocenters. The highest BCUT2D eigenvalue weighted by Gasteiger charge is 2.27. The third-order valence-electron chi connectivity index (χ3n) is 1.48. The average Bonchev–Trinajstić information content (AvgIpc) is 2.03. The number of hydrogen-bond acceptors (Lipinski definition) is 2. The minimum atomic E-state index is -2.96. The summed E-state index contributed by atoms with van der Waals surface area (Å²) in [7, 11) is 0. The van der Waals surface area contributed by atoms with Gasteiger partial charge in [-0.3, -0.25) is 9.18 Å². The second-order valence-corrected chi connectivity index (χ2v) is 3.77. The molecule has 0 amide bonds. The molecule has 0 saturated carbocycles. The molecular weight excluding hydrogens is 201 g/mol. The molecule has 0 aromatic heterocycles. The van der Waals surface area contributed by atoms with Crippen molar-refractivity contribution in [1.29, 1.82) is 0 Å². The average molecular weight is 214 g/mol. The van der Waals surface area contributed by atoms with Gasteiger partial charge in [-0.05, 0) is 0 Å². The Morgan fingerprint density at radius 1 is 1.38 bits per heavy atom. The molecule has 0 aliphatic carbocycles. The minimum absolute atomic E-state index is 0.0691. The van der Waals surface area contributed by atoms with Gasteiger partial charge in [0.05, 0.1) is 6.67 Å². The molecule has 0 aliphatic heterocycles. The highest BCUT2D eigenvalue weighted by Crippen LogP contribution is 2.25. The Kier molecular flexibility index (Phi) is 6.20. The smallest absolute Gasteiger partial charge is 0.251 e. The molecule has 0 radical (unpaired) electrons. The van der Waals surface area contributed by atoms with Crippen LogP contribution in [0.15, 0.2) is 0 Å². The van der Waals surface area contributed by atoms with Crippen molar-refractivity contribution in [3.8, 4) is 0 Å². The van der Waals surface area contributed by atoms with Gasteiger partial charge in [-0.2, -0.15) is 0 Å². The van der Waals surface area contributed by atoms with Crippen molar-refractivity contribution in [2.45, 2.75) is 32.1 Å². The van der Waals surface area contributed by atoms with Crippen LogP contribution in [0.1, 0.15) is 26.2 Å². The lowest BCUT2D eigenvalue weighted by molar-refractivity contribution is -0.110. The van der Waals surface area contributed by atoms with Gasteiger partial charge in [0.15, 0.2) is 5.12 Å². The molecule has 5 heteroatoms. The van der Waals surface area contributed by atoms with E-state index >= 15 is 0 Å². The van der Waals surface area contributed by atoms with Gasteiger partial charge in [-0.25, -0.2) is 8.78 Å². The van der Waals surface area contributed by atoms with Crippen molar-refractivity contribution in [3.63, 3.8) is 0 Å². The Balaban J connectivity index is 3.56. The normalized spacial score (nSPS) is 11.7. The maximum atomic E-state index is 12.6. The first-order valence-corrected chi connectivity index (χ1v) is 5.10. The second kappa shape index (κ2) is 6.29. The molecule has 0 saturated heterocycles. The van der Waals surface area contributed by atoms with E-state index in [1.807, 2.05) is 0 Å². The van der Waals surface area contributed by atoms with Crippen LogP contribution in [0.4, 0.5) is 13.2 Å². The van der Waals surface area contributed by atoms with Crippen molar-refractivity contribution in [2.75, 3.05) is 12.4 Å². The fraction of sp³-hybridized carbons (Fsp3) is 0.875. The Hall–Kier alpha value is -0.190. The highest BCUT2D eigenvalue weighted by atomic mass is 32.2. The van der Waals surface area contributed by atoms with E-state index in [1.54, 1.807) is 6.92 Å². The predicted molar refractivity (Wildman–Crippen MR) is 47.9 cm³/mol. The van der Waals surface area contributed by atoms with Crippen molar-refractivity contribution < 1.29 is 18.0 Å². The summed E-state index contributed by atoms with van der Waals surface area (Å²) in [6, 6.07) is 0. The van der Waals surface area contributed by atoms with Gasteiger partial charge < -0.3 is 0 Å². The fourth-order valence-corrected chi connectivity index (χ4v) is 1.51. The highest BCUT2D eigenvalue weighted by molar-refractivity contribution is 8.13. The molecule has 0 rings (SSSR count). The summed E-state index contributed by atoms with van der Waals surface area (Å²) in [5.41, 5.74) is 0. The summed E-state index contributed by atoms with van der Waals surface area (Å²) in [5, 5.41) is -0.101. The third-order valence-corrected chi connectivity index (χ3v) is 2.50. The minimum Gasteiger partial charge on any atom is -0.287 e. The summed E-state index contributed by atoms with van der Waals surface area (Å²) < 4.78 is 36.8. The van der Waals surface area contributed by atoms with Crippen LogP contribution in [0.25, 0.3) is 0 Å². The lowest BCUT2D eigenvalue weighted by atomic mass is 10.2. The lowest BCUT2D eigenvalue weighted by Gasteiger charge is -2.13. The van der Waals surface area contributed by atoms with Gasteiger partial charge in [0, 0.05) is 25.0 Å². The lowest BCUT2D eigenvalue weighted by Crippen LogP contribution is -2.18. The number of carbonyl (C=O) groups excluding carboxylic acids is 1. The standard InChI is InChI=1S/C8H13F3OS/c1-2-7(12)13-6-4-8(10,11)3-5-9/h2-6H2,1H3. The monoisotopic (exact) mass is 214 g/mol. The maximum absolute atomic E-state index is 12.6. The molecule has 0 aromatic rings. The van der Waals surface area contributed by atoms with Gasteiger partial charge in [-0.15, -0.1) is 0 Å². The molecule has 0 aromatic carbocycles. The van der Waals surface area contributed by atoms with Crippen LogP contribution in [0.2, 0.25) is 0 Å². The zero-order valence-electron chi connectivity index (χ0n) is 7.49. The van der Waals surface area contributed by atoms with E-state index in [1.165, 1.54) is 0 Å². The number of carbonyl (C=O) groups is 1. The van der Waals surface area contributed by atoms with E-state index in [0.29, 0.717) is 6.42 Å². The molecule has 0 aliphatic rings. The molecule has 0 spiro atoms. The van der Waals surface area contributed by atoms with Crippen LogP contribution < -0.4 is 0 Å². The van der Waals surface area contributed by atoms with Crippen molar-refractivity contribution in [2.24, 2.45) is 0 Å². The van der Waals surface area contributed by atoms with Crippen LogP contribution in [0.3, 0.4) is 0 Å². The SMILES string of the molecule is CCC(=O)SCCC(F)(F)CCF.